The Morgan fingerprint density at radius 3 is 2.88 bits per heavy atom. The van der Waals surface area contributed by atoms with Crippen molar-refractivity contribution in [2.45, 2.75) is 6.92 Å². The predicted molar refractivity (Wildman–Crippen MR) is 85.6 cm³/mol. The van der Waals surface area contributed by atoms with Crippen molar-refractivity contribution >= 4 is 23.3 Å². The van der Waals surface area contributed by atoms with Crippen LogP contribution in [0.15, 0.2) is 36.5 Å². The zero-order valence-corrected chi connectivity index (χ0v) is 13.1. The molecule has 9 heteroatoms. The minimum absolute atomic E-state index is 0.188. The second kappa shape index (κ2) is 6.76. The number of hydrogen-bond acceptors (Lipinski definition) is 7. The van der Waals surface area contributed by atoms with E-state index in [-0.39, 0.29) is 11.6 Å². The summed E-state index contributed by atoms with van der Waals surface area (Å²) >= 11 is 0. The first-order valence-electron chi connectivity index (χ1n) is 7.23. The Hall–Kier alpha value is -3.80. The van der Waals surface area contributed by atoms with Crippen molar-refractivity contribution in [3.8, 4) is 6.07 Å². The number of amides is 1. The lowest BCUT2D eigenvalue weighted by molar-refractivity contribution is -0.119. The van der Waals surface area contributed by atoms with Gasteiger partial charge < -0.3 is 10.1 Å². The number of carbonyl (C=O) groups excluding carboxylic acids is 2. The minimum atomic E-state index is -0.839. The molecule has 0 atom stereocenters. The molecule has 2 aromatic heterocycles. The van der Waals surface area contributed by atoms with Crippen LogP contribution in [0.5, 0.6) is 0 Å². The van der Waals surface area contributed by atoms with E-state index >= 15 is 0 Å². The van der Waals surface area contributed by atoms with Gasteiger partial charge >= 0.3 is 5.97 Å². The summed E-state index contributed by atoms with van der Waals surface area (Å²) in [5.41, 5.74) is 1.41. The van der Waals surface area contributed by atoms with Crippen LogP contribution in [0, 0.1) is 18.3 Å². The molecule has 3 aromatic rings. The Labute approximate surface area is 141 Å². The van der Waals surface area contributed by atoms with Gasteiger partial charge in [-0.3, -0.25) is 4.79 Å². The van der Waals surface area contributed by atoms with Crippen LogP contribution >= 0.6 is 0 Å². The molecule has 124 valence electrons. The summed E-state index contributed by atoms with van der Waals surface area (Å²) in [6.45, 7) is 1.26. The number of rotatable bonds is 4. The Morgan fingerprint density at radius 2 is 2.12 bits per heavy atom. The highest BCUT2D eigenvalue weighted by atomic mass is 16.5. The van der Waals surface area contributed by atoms with Gasteiger partial charge in [-0.05, 0) is 25.1 Å². The summed E-state index contributed by atoms with van der Waals surface area (Å²) in [5.74, 6) is -1.34. The summed E-state index contributed by atoms with van der Waals surface area (Å²) in [6, 6.07) is 10.2. The molecule has 0 saturated carbocycles. The number of hydrogen-bond donors (Lipinski definition) is 1. The lowest BCUT2D eigenvalue weighted by Crippen LogP contribution is -2.21. The summed E-state index contributed by atoms with van der Waals surface area (Å²) in [7, 11) is 0. The summed E-state index contributed by atoms with van der Waals surface area (Å²) in [5, 5.41) is 15.5. The molecule has 0 unspecified atom stereocenters. The van der Waals surface area contributed by atoms with E-state index in [1.807, 2.05) is 6.07 Å². The highest BCUT2D eigenvalue weighted by molar-refractivity contribution is 5.95. The van der Waals surface area contributed by atoms with Crippen LogP contribution in [0.1, 0.15) is 21.9 Å². The molecule has 3 rings (SSSR count). The number of esters is 1. The predicted octanol–water partition coefficient (Wildman–Crippen LogP) is 1.10. The zero-order chi connectivity index (χ0) is 17.8. The Balaban J connectivity index is 1.64. The second-order valence-electron chi connectivity index (χ2n) is 5.02. The fraction of sp³-hybridized carbons (Fsp3) is 0.125. The van der Waals surface area contributed by atoms with Gasteiger partial charge in [-0.1, -0.05) is 12.1 Å². The molecular weight excluding hydrogens is 324 g/mol. The molecule has 1 amide bonds. The number of para-hydroxylation sites is 1. The smallest absolute Gasteiger partial charge is 0.378 e. The van der Waals surface area contributed by atoms with Gasteiger partial charge in [0.05, 0.1) is 11.3 Å². The van der Waals surface area contributed by atoms with Gasteiger partial charge in [0.25, 0.3) is 17.5 Å². The maximum absolute atomic E-state index is 12.0. The number of anilines is 1. The average Bonchev–Trinajstić information content (AvgIpc) is 3.06. The van der Waals surface area contributed by atoms with Crippen molar-refractivity contribution in [1.82, 2.24) is 19.6 Å². The number of fused-ring (bicyclic) bond motifs is 1. The fourth-order valence-corrected chi connectivity index (χ4v) is 2.06. The topological polar surface area (TPSA) is 122 Å². The Morgan fingerprint density at radius 1 is 1.32 bits per heavy atom. The van der Waals surface area contributed by atoms with E-state index in [1.54, 1.807) is 43.5 Å². The Bertz CT molecular complexity index is 1000. The number of ether oxygens (including phenoxy) is 1. The van der Waals surface area contributed by atoms with Gasteiger partial charge in [0.1, 0.15) is 6.07 Å². The molecule has 1 N–H and O–H groups in total. The third-order valence-electron chi connectivity index (χ3n) is 3.27. The van der Waals surface area contributed by atoms with Crippen LogP contribution in [0.25, 0.3) is 5.78 Å². The van der Waals surface area contributed by atoms with Gasteiger partial charge in [0, 0.05) is 11.9 Å². The molecule has 2 heterocycles. The molecule has 0 saturated heterocycles. The zero-order valence-electron chi connectivity index (χ0n) is 13.1. The number of nitriles is 1. The number of aryl methyl sites for hydroxylation is 1. The highest BCUT2D eigenvalue weighted by Gasteiger charge is 2.17. The van der Waals surface area contributed by atoms with E-state index in [0.717, 1.165) is 5.69 Å². The molecule has 0 fully saturated rings. The molecule has 0 aliphatic carbocycles. The first-order valence-corrected chi connectivity index (χ1v) is 7.23. The van der Waals surface area contributed by atoms with Crippen LogP contribution in [0.4, 0.5) is 5.69 Å². The first kappa shape index (κ1) is 16.1. The van der Waals surface area contributed by atoms with Gasteiger partial charge in [0.2, 0.25) is 0 Å². The maximum atomic E-state index is 12.0. The number of nitrogens with zero attached hydrogens (tertiary/aromatic N) is 5. The van der Waals surface area contributed by atoms with Crippen LogP contribution in [-0.4, -0.2) is 38.1 Å². The van der Waals surface area contributed by atoms with E-state index in [2.05, 4.69) is 20.4 Å². The van der Waals surface area contributed by atoms with E-state index in [4.69, 9.17) is 10.00 Å². The fourth-order valence-electron chi connectivity index (χ4n) is 2.06. The molecule has 9 nitrogen and oxygen atoms in total. The lowest BCUT2D eigenvalue weighted by Gasteiger charge is -2.06. The van der Waals surface area contributed by atoms with Gasteiger partial charge in [-0.15, -0.1) is 5.10 Å². The lowest BCUT2D eigenvalue weighted by atomic mass is 10.2. The van der Waals surface area contributed by atoms with E-state index in [9.17, 15) is 9.59 Å². The highest BCUT2D eigenvalue weighted by Crippen LogP contribution is 2.13. The van der Waals surface area contributed by atoms with Crippen LogP contribution < -0.4 is 5.32 Å². The summed E-state index contributed by atoms with van der Waals surface area (Å²) in [4.78, 5) is 31.8. The molecule has 0 spiro atoms. The van der Waals surface area contributed by atoms with Crippen molar-refractivity contribution in [3.05, 3.63) is 53.6 Å². The molecule has 0 radical (unpaired) electrons. The quantitative estimate of drug-likeness (QED) is 0.708. The van der Waals surface area contributed by atoms with Crippen molar-refractivity contribution in [2.24, 2.45) is 0 Å². The average molecular weight is 336 g/mol. The van der Waals surface area contributed by atoms with Gasteiger partial charge in [0.15, 0.2) is 6.61 Å². The summed E-state index contributed by atoms with van der Waals surface area (Å²) < 4.78 is 6.31. The second-order valence-corrected chi connectivity index (χ2v) is 5.02. The Kier molecular flexibility index (Phi) is 4.34. The third kappa shape index (κ3) is 3.42. The van der Waals surface area contributed by atoms with Crippen LogP contribution in [0.2, 0.25) is 0 Å². The number of aromatic nitrogens is 4. The maximum Gasteiger partial charge on any atom is 0.378 e. The van der Waals surface area contributed by atoms with E-state index < -0.39 is 18.5 Å². The molecule has 0 bridgehead atoms. The van der Waals surface area contributed by atoms with Crippen molar-refractivity contribution in [3.63, 3.8) is 0 Å². The molecule has 0 aliphatic rings. The van der Waals surface area contributed by atoms with Crippen molar-refractivity contribution in [2.75, 3.05) is 11.9 Å². The number of benzene rings is 1. The van der Waals surface area contributed by atoms with Gasteiger partial charge in [-0.25, -0.2) is 14.3 Å². The van der Waals surface area contributed by atoms with E-state index in [0.29, 0.717) is 11.3 Å². The molecule has 0 aliphatic heterocycles. The molecule has 25 heavy (non-hydrogen) atoms. The van der Waals surface area contributed by atoms with Crippen LogP contribution in [0.3, 0.4) is 0 Å². The SMILES string of the molecule is Cc1ccnc2nc(C(=O)OCC(=O)Nc3ccccc3C#N)nn12. The largest absolute Gasteiger partial charge is 0.450 e. The van der Waals surface area contributed by atoms with Crippen molar-refractivity contribution < 1.29 is 14.3 Å². The monoisotopic (exact) mass is 336 g/mol. The summed E-state index contributed by atoms with van der Waals surface area (Å²) in [6.07, 6.45) is 1.55. The van der Waals surface area contributed by atoms with Crippen molar-refractivity contribution in [1.29, 1.82) is 5.26 Å². The molecular formula is C16H12N6O3. The number of nitrogens with one attached hydrogen (secondary N) is 1. The normalized spacial score (nSPS) is 10.2. The van der Waals surface area contributed by atoms with E-state index in [1.165, 1.54) is 4.52 Å². The van der Waals surface area contributed by atoms with Gasteiger partial charge in [-0.2, -0.15) is 10.2 Å². The third-order valence-corrected chi connectivity index (χ3v) is 3.27. The molecule has 1 aromatic carbocycles. The number of carbonyl (C=O) groups is 2. The van der Waals surface area contributed by atoms with Crippen LogP contribution in [-0.2, 0) is 9.53 Å². The first-order chi connectivity index (χ1) is 12.1. The minimum Gasteiger partial charge on any atom is -0.450 e. The standard InChI is InChI=1S/C16H12N6O3/c1-10-6-7-18-16-20-14(21-22(10)16)15(24)25-9-13(23)19-12-5-3-2-4-11(12)8-17/h2-7H,9H2,1H3,(H,19,23).